The van der Waals surface area contributed by atoms with E-state index in [1.54, 1.807) is 0 Å². The van der Waals surface area contributed by atoms with Crippen LogP contribution in [0.25, 0.3) is 0 Å². The van der Waals surface area contributed by atoms with Crippen molar-refractivity contribution in [3.63, 3.8) is 0 Å². The normalized spacial score (nSPS) is 24.3. The second-order valence-corrected chi connectivity index (χ2v) is 5.19. The van der Waals surface area contributed by atoms with E-state index in [9.17, 15) is 0 Å². The van der Waals surface area contributed by atoms with Crippen LogP contribution in [0.2, 0.25) is 0 Å². The minimum atomic E-state index is 0.404. The Morgan fingerprint density at radius 3 is 3.17 bits per heavy atom. The highest BCUT2D eigenvalue weighted by Crippen LogP contribution is 2.28. The highest BCUT2D eigenvalue weighted by molar-refractivity contribution is 5.04. The summed E-state index contributed by atoms with van der Waals surface area (Å²) in [6.07, 6.45) is 6.73. The van der Waals surface area contributed by atoms with E-state index in [-0.39, 0.29) is 0 Å². The van der Waals surface area contributed by atoms with Gasteiger partial charge in [0.1, 0.15) is 6.61 Å². The minimum Gasteiger partial charge on any atom is -0.370 e. The van der Waals surface area contributed by atoms with Crippen LogP contribution in [0.15, 0.2) is 10.6 Å². The Bertz CT molecular complexity index is 351. The zero-order chi connectivity index (χ0) is 12.8. The van der Waals surface area contributed by atoms with E-state index in [2.05, 4.69) is 17.4 Å². The van der Waals surface area contributed by atoms with Gasteiger partial charge in [-0.1, -0.05) is 31.3 Å². The molecule has 2 atom stereocenters. The monoisotopic (exact) mass is 252 g/mol. The molecule has 0 amide bonds. The molecule has 4 heteroatoms. The van der Waals surface area contributed by atoms with Gasteiger partial charge in [-0.25, -0.2) is 0 Å². The molecule has 0 bridgehead atoms. The average Bonchev–Trinajstić information content (AvgIpc) is 2.85. The van der Waals surface area contributed by atoms with Gasteiger partial charge in [0.2, 0.25) is 0 Å². The molecule has 0 radical (unpaired) electrons. The third-order valence-electron chi connectivity index (χ3n) is 3.74. The summed E-state index contributed by atoms with van der Waals surface area (Å²) in [6, 6.07) is 1.97. The van der Waals surface area contributed by atoms with Gasteiger partial charge in [-0.3, -0.25) is 0 Å². The lowest BCUT2D eigenvalue weighted by atomic mass is 9.85. The van der Waals surface area contributed by atoms with Crippen LogP contribution in [-0.2, 0) is 17.9 Å². The smallest absolute Gasteiger partial charge is 0.162 e. The van der Waals surface area contributed by atoms with E-state index in [0.717, 1.165) is 23.9 Å². The Kier molecular flexibility index (Phi) is 5.20. The van der Waals surface area contributed by atoms with E-state index in [1.807, 2.05) is 13.1 Å². The maximum atomic E-state index is 5.94. The zero-order valence-corrected chi connectivity index (χ0v) is 11.4. The molecule has 1 aliphatic carbocycles. The Morgan fingerprint density at radius 1 is 1.50 bits per heavy atom. The first-order valence-electron chi connectivity index (χ1n) is 7.02. The number of rotatable bonds is 6. The predicted octanol–water partition coefficient (Wildman–Crippen LogP) is 2.88. The maximum Gasteiger partial charge on any atom is 0.162 e. The molecule has 18 heavy (non-hydrogen) atoms. The van der Waals surface area contributed by atoms with Crippen LogP contribution in [0.4, 0.5) is 0 Å². The second kappa shape index (κ2) is 6.90. The van der Waals surface area contributed by atoms with Crippen molar-refractivity contribution in [1.29, 1.82) is 0 Å². The summed E-state index contributed by atoms with van der Waals surface area (Å²) in [5.41, 5.74) is 0.936. The van der Waals surface area contributed by atoms with Gasteiger partial charge in [0, 0.05) is 12.6 Å². The summed E-state index contributed by atoms with van der Waals surface area (Å²) >= 11 is 0. The molecule has 1 aliphatic rings. The minimum absolute atomic E-state index is 0.404. The number of ether oxygens (including phenoxy) is 1. The number of nitrogens with zero attached hydrogens (tertiary/aromatic N) is 1. The summed E-state index contributed by atoms with van der Waals surface area (Å²) in [5, 5.41) is 7.04. The first-order valence-corrected chi connectivity index (χ1v) is 7.02. The maximum absolute atomic E-state index is 5.94. The Labute approximate surface area is 109 Å². The van der Waals surface area contributed by atoms with E-state index in [1.165, 1.54) is 32.1 Å². The Morgan fingerprint density at radius 2 is 2.39 bits per heavy atom. The lowest BCUT2D eigenvalue weighted by Crippen LogP contribution is -2.22. The third-order valence-corrected chi connectivity index (χ3v) is 3.74. The van der Waals surface area contributed by atoms with Crippen molar-refractivity contribution in [1.82, 2.24) is 10.5 Å². The van der Waals surface area contributed by atoms with Crippen LogP contribution in [0, 0.1) is 5.92 Å². The van der Waals surface area contributed by atoms with E-state index < -0.39 is 0 Å². The van der Waals surface area contributed by atoms with Gasteiger partial charge in [-0.15, -0.1) is 0 Å². The lowest BCUT2D eigenvalue weighted by Gasteiger charge is -2.28. The van der Waals surface area contributed by atoms with Crippen molar-refractivity contribution < 1.29 is 9.26 Å². The average molecular weight is 252 g/mol. The van der Waals surface area contributed by atoms with Crippen molar-refractivity contribution in [3.05, 3.63) is 17.5 Å². The molecule has 1 aromatic rings. The van der Waals surface area contributed by atoms with Crippen LogP contribution >= 0.6 is 0 Å². The molecule has 1 N–H and O–H groups in total. The van der Waals surface area contributed by atoms with Crippen molar-refractivity contribution in [2.24, 2.45) is 5.92 Å². The van der Waals surface area contributed by atoms with Gasteiger partial charge >= 0.3 is 0 Å². The fraction of sp³-hybridized carbons (Fsp3) is 0.786. The van der Waals surface area contributed by atoms with Crippen LogP contribution in [0.5, 0.6) is 0 Å². The molecule has 1 aromatic heterocycles. The Balaban J connectivity index is 1.76. The molecule has 2 unspecified atom stereocenters. The summed E-state index contributed by atoms with van der Waals surface area (Å²) < 4.78 is 11.2. The first-order chi connectivity index (χ1) is 8.81. The summed E-state index contributed by atoms with van der Waals surface area (Å²) in [4.78, 5) is 0. The van der Waals surface area contributed by atoms with Crippen LogP contribution in [-0.4, -0.2) is 18.3 Å². The van der Waals surface area contributed by atoms with Crippen LogP contribution in [0.1, 0.15) is 50.5 Å². The molecule has 0 spiro atoms. The van der Waals surface area contributed by atoms with E-state index in [0.29, 0.717) is 12.7 Å². The van der Waals surface area contributed by atoms with Crippen molar-refractivity contribution in [2.45, 2.75) is 58.3 Å². The fourth-order valence-corrected chi connectivity index (χ4v) is 2.65. The lowest BCUT2D eigenvalue weighted by molar-refractivity contribution is -0.00711. The SMILES string of the molecule is CCC1CCCC(OCc2cc(CNC)no2)C1. The Hall–Kier alpha value is -0.870. The molecule has 1 heterocycles. The van der Waals surface area contributed by atoms with Gasteiger partial charge in [-0.05, 0) is 25.8 Å². The molecule has 0 aromatic carbocycles. The van der Waals surface area contributed by atoms with Gasteiger partial charge < -0.3 is 14.6 Å². The topological polar surface area (TPSA) is 47.3 Å². The first kappa shape index (κ1) is 13.6. The molecular formula is C14H24N2O2. The second-order valence-electron chi connectivity index (χ2n) is 5.19. The van der Waals surface area contributed by atoms with Gasteiger partial charge in [0.15, 0.2) is 5.76 Å². The van der Waals surface area contributed by atoms with Crippen molar-refractivity contribution in [3.8, 4) is 0 Å². The summed E-state index contributed by atoms with van der Waals surface area (Å²) in [7, 11) is 1.90. The quantitative estimate of drug-likeness (QED) is 0.845. The van der Waals surface area contributed by atoms with E-state index >= 15 is 0 Å². The molecule has 4 nitrogen and oxygen atoms in total. The zero-order valence-electron chi connectivity index (χ0n) is 11.4. The van der Waals surface area contributed by atoms with Crippen LogP contribution in [0.3, 0.4) is 0 Å². The largest absolute Gasteiger partial charge is 0.370 e. The third kappa shape index (κ3) is 3.82. The molecular weight excluding hydrogens is 228 g/mol. The number of aromatic nitrogens is 1. The summed E-state index contributed by atoms with van der Waals surface area (Å²) in [5.74, 6) is 1.68. The highest BCUT2D eigenvalue weighted by atomic mass is 16.5. The summed E-state index contributed by atoms with van der Waals surface area (Å²) in [6.45, 7) is 3.57. The van der Waals surface area contributed by atoms with Crippen molar-refractivity contribution in [2.75, 3.05) is 7.05 Å². The molecule has 0 saturated heterocycles. The number of nitrogens with one attached hydrogen (secondary N) is 1. The van der Waals surface area contributed by atoms with Gasteiger partial charge in [-0.2, -0.15) is 0 Å². The number of hydrogen-bond acceptors (Lipinski definition) is 4. The van der Waals surface area contributed by atoms with Gasteiger partial charge in [0.05, 0.1) is 11.8 Å². The molecule has 2 rings (SSSR count). The van der Waals surface area contributed by atoms with Crippen molar-refractivity contribution >= 4 is 0 Å². The van der Waals surface area contributed by atoms with E-state index in [4.69, 9.17) is 9.26 Å². The standard InChI is InChI=1S/C14H24N2O2/c1-3-11-5-4-6-13(7-11)17-10-14-8-12(9-15-2)16-18-14/h8,11,13,15H,3-7,9-10H2,1-2H3. The molecule has 102 valence electrons. The highest BCUT2D eigenvalue weighted by Gasteiger charge is 2.21. The molecule has 1 fully saturated rings. The molecule has 1 saturated carbocycles. The van der Waals surface area contributed by atoms with Gasteiger partial charge in [0.25, 0.3) is 0 Å². The van der Waals surface area contributed by atoms with Crippen LogP contribution < -0.4 is 5.32 Å². The number of hydrogen-bond donors (Lipinski definition) is 1. The fourth-order valence-electron chi connectivity index (χ4n) is 2.65. The predicted molar refractivity (Wildman–Crippen MR) is 70.1 cm³/mol. The molecule has 0 aliphatic heterocycles.